The normalized spacial score (nSPS) is 22.9. The Kier molecular flexibility index (Phi) is 3.83. The van der Waals surface area contributed by atoms with Gasteiger partial charge in [0, 0.05) is 11.1 Å². The third-order valence-corrected chi connectivity index (χ3v) is 5.68. The molecule has 4 rings (SSSR count). The lowest BCUT2D eigenvalue weighted by Gasteiger charge is -2.38. The number of phenolic OH excluding ortho intramolecular Hbond substituents is 2. The van der Waals surface area contributed by atoms with Crippen molar-refractivity contribution >= 4 is 17.5 Å². The van der Waals surface area contributed by atoms with Crippen LogP contribution in [-0.4, -0.2) is 45.6 Å². The summed E-state index contributed by atoms with van der Waals surface area (Å²) in [4.78, 5) is 38.3. The Morgan fingerprint density at radius 1 is 1.14 bits per heavy atom. The number of phenols is 2. The average Bonchev–Trinajstić information content (AvgIpc) is 2.64. The summed E-state index contributed by atoms with van der Waals surface area (Å²) in [5, 5.41) is 31.6. The highest BCUT2D eigenvalue weighted by molar-refractivity contribution is 6.30. The first-order chi connectivity index (χ1) is 13.2. The largest absolute Gasteiger partial charge is 0.507 e. The van der Waals surface area contributed by atoms with Crippen LogP contribution in [0.1, 0.15) is 62.2 Å². The Morgan fingerprint density at radius 2 is 1.86 bits per heavy atom. The Morgan fingerprint density at radius 3 is 2.54 bits per heavy atom. The fraction of sp³-hybridized carbons (Fsp3) is 0.286. The smallest absolute Gasteiger partial charge is 0.316 e. The van der Waals surface area contributed by atoms with Crippen LogP contribution in [0.5, 0.6) is 11.5 Å². The van der Waals surface area contributed by atoms with Gasteiger partial charge in [-0.1, -0.05) is 12.1 Å². The number of carbonyl (C=O) groups is 3. The van der Waals surface area contributed by atoms with Crippen molar-refractivity contribution in [1.29, 1.82) is 0 Å². The van der Waals surface area contributed by atoms with Crippen molar-refractivity contribution in [3.05, 3.63) is 57.6 Å². The van der Waals surface area contributed by atoms with Crippen molar-refractivity contribution < 1.29 is 34.4 Å². The maximum absolute atomic E-state index is 13.0. The highest BCUT2D eigenvalue weighted by atomic mass is 16.5. The van der Waals surface area contributed by atoms with Gasteiger partial charge in [0.15, 0.2) is 5.78 Å². The van der Waals surface area contributed by atoms with Gasteiger partial charge in [-0.15, -0.1) is 0 Å². The first kappa shape index (κ1) is 18.2. The van der Waals surface area contributed by atoms with Gasteiger partial charge in [0.25, 0.3) is 0 Å². The number of ketones is 2. The molecule has 0 radical (unpaired) electrons. The molecular formula is C21H18O7. The van der Waals surface area contributed by atoms with Crippen molar-refractivity contribution in [1.82, 2.24) is 0 Å². The summed E-state index contributed by atoms with van der Waals surface area (Å²) in [6.07, 6.45) is 0.375. The van der Waals surface area contributed by atoms with E-state index in [9.17, 15) is 29.7 Å². The summed E-state index contributed by atoms with van der Waals surface area (Å²) in [5.41, 5.74) is -1.23. The third-order valence-electron chi connectivity index (χ3n) is 5.68. The maximum Gasteiger partial charge on any atom is 0.316 e. The number of esters is 1. The number of aliphatic hydroxyl groups is 1. The van der Waals surface area contributed by atoms with Gasteiger partial charge in [0.2, 0.25) is 5.78 Å². The fourth-order valence-corrected chi connectivity index (χ4v) is 4.25. The van der Waals surface area contributed by atoms with Gasteiger partial charge in [-0.2, -0.15) is 0 Å². The van der Waals surface area contributed by atoms with Crippen LogP contribution in [0, 0.1) is 0 Å². The summed E-state index contributed by atoms with van der Waals surface area (Å²) in [5.74, 6) is -3.75. The Bertz CT molecular complexity index is 1060. The van der Waals surface area contributed by atoms with E-state index in [2.05, 4.69) is 0 Å². The molecule has 0 spiro atoms. The molecule has 7 heteroatoms. The van der Waals surface area contributed by atoms with E-state index in [-0.39, 0.29) is 46.4 Å². The number of ether oxygens (including phenoxy) is 1. The van der Waals surface area contributed by atoms with Gasteiger partial charge in [0.1, 0.15) is 17.4 Å². The molecule has 0 amide bonds. The van der Waals surface area contributed by atoms with Crippen molar-refractivity contribution in [2.75, 3.05) is 7.11 Å². The average molecular weight is 382 g/mol. The molecule has 2 aliphatic rings. The molecule has 2 aromatic carbocycles. The lowest BCUT2D eigenvalue weighted by molar-refractivity contribution is -0.149. The number of aromatic hydroxyl groups is 2. The van der Waals surface area contributed by atoms with Crippen LogP contribution in [0.15, 0.2) is 24.3 Å². The van der Waals surface area contributed by atoms with E-state index in [1.165, 1.54) is 38.3 Å². The van der Waals surface area contributed by atoms with E-state index in [1.807, 2.05) is 0 Å². The highest BCUT2D eigenvalue weighted by Crippen LogP contribution is 2.47. The number of methoxy groups -OCH3 is 1. The summed E-state index contributed by atoms with van der Waals surface area (Å²) < 4.78 is 4.82. The molecule has 3 N–H and O–H groups in total. The SMILES string of the molecule is COC(=O)C1c2cc3c(c(O)c2CCC1(C)O)C(=O)c1c(O)cccc1C3=O. The van der Waals surface area contributed by atoms with Crippen LogP contribution in [0.25, 0.3) is 0 Å². The zero-order chi connectivity index (χ0) is 20.4. The van der Waals surface area contributed by atoms with Crippen molar-refractivity contribution in [2.24, 2.45) is 0 Å². The number of fused-ring (bicyclic) bond motifs is 3. The second kappa shape index (κ2) is 5.90. The third kappa shape index (κ3) is 2.29. The lowest BCUT2D eigenvalue weighted by Crippen LogP contribution is -2.42. The number of hydrogen-bond acceptors (Lipinski definition) is 7. The molecule has 144 valence electrons. The monoisotopic (exact) mass is 382 g/mol. The van der Waals surface area contributed by atoms with Crippen molar-refractivity contribution in [3.63, 3.8) is 0 Å². The minimum Gasteiger partial charge on any atom is -0.507 e. The van der Waals surface area contributed by atoms with Gasteiger partial charge < -0.3 is 20.1 Å². The standard InChI is InChI=1S/C21H18O7/c1-21(27)7-6-9-11(16(21)20(26)28-2)8-12-15(18(9)24)19(25)14-10(17(12)23)4-3-5-13(14)22/h3-5,8,16,22,24,27H,6-7H2,1-2H3. The van der Waals surface area contributed by atoms with Gasteiger partial charge in [-0.05, 0) is 43.0 Å². The highest BCUT2D eigenvalue weighted by Gasteiger charge is 2.46. The van der Waals surface area contributed by atoms with Crippen LogP contribution in [0.3, 0.4) is 0 Å². The van der Waals surface area contributed by atoms with E-state index in [1.54, 1.807) is 0 Å². The van der Waals surface area contributed by atoms with Crippen LogP contribution >= 0.6 is 0 Å². The Labute approximate surface area is 160 Å². The molecule has 2 atom stereocenters. The Balaban J connectivity index is 2.01. The minimum atomic E-state index is -1.43. The molecule has 0 heterocycles. The first-order valence-electron chi connectivity index (χ1n) is 8.79. The molecule has 0 bridgehead atoms. The molecular weight excluding hydrogens is 364 g/mol. The topological polar surface area (TPSA) is 121 Å². The quantitative estimate of drug-likeness (QED) is 0.549. The summed E-state index contributed by atoms with van der Waals surface area (Å²) >= 11 is 0. The number of rotatable bonds is 1. The predicted molar refractivity (Wildman–Crippen MR) is 96.8 cm³/mol. The molecule has 0 aliphatic heterocycles. The second-order valence-corrected chi connectivity index (χ2v) is 7.39. The predicted octanol–water partition coefficient (Wildman–Crippen LogP) is 1.83. The summed E-state index contributed by atoms with van der Waals surface area (Å²) in [6, 6.07) is 5.55. The second-order valence-electron chi connectivity index (χ2n) is 7.39. The van der Waals surface area contributed by atoms with Crippen LogP contribution in [-0.2, 0) is 16.0 Å². The minimum absolute atomic E-state index is 0.0223. The molecule has 2 aliphatic carbocycles. The van der Waals surface area contributed by atoms with E-state index < -0.39 is 34.8 Å². The van der Waals surface area contributed by atoms with Crippen LogP contribution < -0.4 is 0 Å². The van der Waals surface area contributed by atoms with Crippen LogP contribution in [0.4, 0.5) is 0 Å². The van der Waals surface area contributed by atoms with Gasteiger partial charge in [-0.3, -0.25) is 14.4 Å². The van der Waals surface area contributed by atoms with Gasteiger partial charge in [0.05, 0.1) is 23.8 Å². The number of benzene rings is 2. The lowest BCUT2D eigenvalue weighted by atomic mass is 9.69. The van der Waals surface area contributed by atoms with Crippen molar-refractivity contribution in [2.45, 2.75) is 31.3 Å². The molecule has 2 unspecified atom stereocenters. The van der Waals surface area contributed by atoms with Crippen molar-refractivity contribution in [3.8, 4) is 11.5 Å². The molecule has 7 nitrogen and oxygen atoms in total. The number of carbonyl (C=O) groups excluding carboxylic acids is 3. The Hall–Kier alpha value is -3.19. The summed E-state index contributed by atoms with van der Waals surface area (Å²) in [6.45, 7) is 1.49. The number of hydrogen-bond donors (Lipinski definition) is 3. The van der Waals surface area contributed by atoms with E-state index >= 15 is 0 Å². The molecule has 0 aromatic heterocycles. The van der Waals surface area contributed by atoms with Crippen LogP contribution in [0.2, 0.25) is 0 Å². The van der Waals surface area contributed by atoms with Gasteiger partial charge in [-0.25, -0.2) is 0 Å². The van der Waals surface area contributed by atoms with E-state index in [4.69, 9.17) is 4.74 Å². The molecule has 2 aromatic rings. The molecule has 28 heavy (non-hydrogen) atoms. The molecule has 0 saturated carbocycles. The van der Waals surface area contributed by atoms with E-state index in [0.717, 1.165) is 0 Å². The van der Waals surface area contributed by atoms with Gasteiger partial charge >= 0.3 is 5.97 Å². The maximum atomic E-state index is 13.0. The fourth-order valence-electron chi connectivity index (χ4n) is 4.25. The van der Waals surface area contributed by atoms with E-state index in [0.29, 0.717) is 5.56 Å². The summed E-state index contributed by atoms with van der Waals surface area (Å²) in [7, 11) is 1.19. The molecule has 0 fully saturated rings. The zero-order valence-corrected chi connectivity index (χ0v) is 15.3. The first-order valence-corrected chi connectivity index (χ1v) is 8.79. The zero-order valence-electron chi connectivity index (χ0n) is 15.3. The molecule has 0 saturated heterocycles.